The zero-order chi connectivity index (χ0) is 10.1. The third-order valence-electron chi connectivity index (χ3n) is 2.51. The van der Waals surface area contributed by atoms with Crippen LogP contribution in [0.4, 0.5) is 0 Å². The Hall–Kier alpha value is -0.590. The largest absolute Gasteiger partial charge is 0.378 e. The Balaban J connectivity index is 1.78. The van der Waals surface area contributed by atoms with Crippen LogP contribution < -0.4 is 0 Å². The smallest absolute Gasteiger partial charge is 0.133 e. The molecule has 0 aromatic rings. The predicted octanol–water partition coefficient (Wildman–Crippen LogP) is 2.27. The Labute approximate surface area is 86.0 Å². The van der Waals surface area contributed by atoms with Gasteiger partial charge in [0.2, 0.25) is 0 Å². The molecule has 1 unspecified atom stereocenters. The van der Waals surface area contributed by atoms with Crippen LogP contribution in [0, 0.1) is 11.3 Å². The van der Waals surface area contributed by atoms with E-state index in [0.29, 0.717) is 6.10 Å². The van der Waals surface area contributed by atoms with Gasteiger partial charge >= 0.3 is 0 Å². The molecule has 0 saturated carbocycles. The highest BCUT2D eigenvalue weighted by Gasteiger charge is 2.14. The van der Waals surface area contributed by atoms with Gasteiger partial charge in [-0.05, 0) is 25.7 Å². The van der Waals surface area contributed by atoms with E-state index in [4.69, 9.17) is 14.7 Å². The van der Waals surface area contributed by atoms with Gasteiger partial charge in [0, 0.05) is 13.2 Å². The van der Waals surface area contributed by atoms with E-state index < -0.39 is 0 Å². The molecular formula is C11H19NO2. The molecule has 1 aliphatic heterocycles. The highest BCUT2D eigenvalue weighted by atomic mass is 16.5. The van der Waals surface area contributed by atoms with Crippen molar-refractivity contribution in [2.75, 3.05) is 19.8 Å². The molecule has 0 aromatic heterocycles. The fraction of sp³-hybridized carbons (Fsp3) is 0.909. The van der Waals surface area contributed by atoms with Gasteiger partial charge in [-0.2, -0.15) is 5.26 Å². The predicted molar refractivity (Wildman–Crippen MR) is 53.9 cm³/mol. The van der Waals surface area contributed by atoms with Crippen LogP contribution in [0.5, 0.6) is 0 Å². The summed E-state index contributed by atoms with van der Waals surface area (Å²) in [5.41, 5.74) is 0. The lowest BCUT2D eigenvalue weighted by Gasteiger charge is -2.08. The lowest BCUT2D eigenvalue weighted by atomic mass is 10.1. The lowest BCUT2D eigenvalue weighted by molar-refractivity contribution is 0.100. The Morgan fingerprint density at radius 3 is 3.00 bits per heavy atom. The van der Waals surface area contributed by atoms with Crippen molar-refractivity contribution >= 4 is 0 Å². The van der Waals surface area contributed by atoms with E-state index in [-0.39, 0.29) is 6.61 Å². The van der Waals surface area contributed by atoms with Crippen LogP contribution in [0.2, 0.25) is 0 Å². The summed E-state index contributed by atoms with van der Waals surface area (Å²) in [7, 11) is 0. The Morgan fingerprint density at radius 2 is 2.29 bits per heavy atom. The van der Waals surface area contributed by atoms with E-state index >= 15 is 0 Å². The molecule has 0 spiro atoms. The average Bonchev–Trinajstić information content (AvgIpc) is 2.69. The summed E-state index contributed by atoms with van der Waals surface area (Å²) in [4.78, 5) is 0. The summed E-state index contributed by atoms with van der Waals surface area (Å²) in [6.07, 6.45) is 7.66. The lowest BCUT2D eigenvalue weighted by Crippen LogP contribution is -2.04. The molecule has 3 heteroatoms. The highest BCUT2D eigenvalue weighted by molar-refractivity contribution is 4.66. The van der Waals surface area contributed by atoms with Gasteiger partial charge in [0.25, 0.3) is 0 Å². The molecule has 1 atom stereocenters. The second kappa shape index (κ2) is 7.78. The summed E-state index contributed by atoms with van der Waals surface area (Å²) in [5, 5.41) is 8.22. The van der Waals surface area contributed by atoms with Crippen LogP contribution >= 0.6 is 0 Å². The van der Waals surface area contributed by atoms with Gasteiger partial charge in [0.15, 0.2) is 0 Å². The minimum Gasteiger partial charge on any atom is -0.378 e. The molecule has 1 aliphatic rings. The molecular weight excluding hydrogens is 178 g/mol. The van der Waals surface area contributed by atoms with Gasteiger partial charge in [0.05, 0.1) is 12.2 Å². The fourth-order valence-corrected chi connectivity index (χ4v) is 1.74. The summed E-state index contributed by atoms with van der Waals surface area (Å²) in [5.74, 6) is 0. The standard InChI is InChI=1S/C11H19NO2/c12-7-10-13-8-3-1-2-5-11-6-4-9-14-11/h11H,1-6,8-10H2. The highest BCUT2D eigenvalue weighted by Crippen LogP contribution is 2.17. The number of ether oxygens (including phenoxy) is 2. The first-order chi connectivity index (χ1) is 6.93. The third-order valence-corrected chi connectivity index (χ3v) is 2.51. The molecule has 1 fully saturated rings. The zero-order valence-corrected chi connectivity index (χ0v) is 8.71. The fourth-order valence-electron chi connectivity index (χ4n) is 1.74. The molecule has 0 aliphatic carbocycles. The van der Waals surface area contributed by atoms with Crippen molar-refractivity contribution < 1.29 is 9.47 Å². The van der Waals surface area contributed by atoms with Gasteiger partial charge in [-0.15, -0.1) is 0 Å². The van der Waals surface area contributed by atoms with Gasteiger partial charge in [-0.25, -0.2) is 0 Å². The van der Waals surface area contributed by atoms with Gasteiger partial charge < -0.3 is 9.47 Å². The number of rotatable bonds is 7. The summed E-state index contributed by atoms with van der Waals surface area (Å²) in [6, 6.07) is 1.96. The Morgan fingerprint density at radius 1 is 1.36 bits per heavy atom. The van der Waals surface area contributed by atoms with Crippen LogP contribution in [0.1, 0.15) is 38.5 Å². The minimum absolute atomic E-state index is 0.228. The molecule has 0 radical (unpaired) electrons. The first kappa shape index (κ1) is 11.5. The maximum atomic E-state index is 8.22. The summed E-state index contributed by atoms with van der Waals surface area (Å²) in [6.45, 7) is 1.90. The van der Waals surface area contributed by atoms with Gasteiger partial charge in [0.1, 0.15) is 6.61 Å². The van der Waals surface area contributed by atoms with Crippen molar-refractivity contribution in [3.8, 4) is 6.07 Å². The van der Waals surface area contributed by atoms with Crippen molar-refractivity contribution in [3.05, 3.63) is 0 Å². The van der Waals surface area contributed by atoms with E-state index in [2.05, 4.69) is 0 Å². The van der Waals surface area contributed by atoms with Crippen LogP contribution in [0.3, 0.4) is 0 Å². The van der Waals surface area contributed by atoms with Crippen LogP contribution in [0.15, 0.2) is 0 Å². The maximum absolute atomic E-state index is 8.22. The van der Waals surface area contributed by atoms with E-state index in [0.717, 1.165) is 19.6 Å². The number of nitriles is 1. The normalized spacial score (nSPS) is 20.9. The Kier molecular flexibility index (Phi) is 6.38. The van der Waals surface area contributed by atoms with Crippen molar-refractivity contribution in [2.45, 2.75) is 44.6 Å². The van der Waals surface area contributed by atoms with Crippen molar-refractivity contribution in [3.63, 3.8) is 0 Å². The molecule has 80 valence electrons. The molecule has 1 rings (SSSR count). The van der Waals surface area contributed by atoms with Gasteiger partial charge in [-0.1, -0.05) is 12.8 Å². The minimum atomic E-state index is 0.228. The first-order valence-corrected chi connectivity index (χ1v) is 5.50. The van der Waals surface area contributed by atoms with Crippen molar-refractivity contribution in [1.29, 1.82) is 5.26 Å². The van der Waals surface area contributed by atoms with Crippen molar-refractivity contribution in [1.82, 2.24) is 0 Å². The Bertz CT molecular complexity index is 171. The van der Waals surface area contributed by atoms with Gasteiger partial charge in [-0.3, -0.25) is 0 Å². The number of hydrogen-bond acceptors (Lipinski definition) is 3. The van der Waals surface area contributed by atoms with E-state index in [9.17, 15) is 0 Å². The summed E-state index contributed by atoms with van der Waals surface area (Å²) >= 11 is 0. The molecule has 1 saturated heterocycles. The third kappa shape index (κ3) is 5.21. The first-order valence-electron chi connectivity index (χ1n) is 5.50. The van der Waals surface area contributed by atoms with Crippen LogP contribution in [0.25, 0.3) is 0 Å². The number of nitrogens with zero attached hydrogens (tertiary/aromatic N) is 1. The molecule has 3 nitrogen and oxygen atoms in total. The van der Waals surface area contributed by atoms with E-state index in [1.165, 1.54) is 32.1 Å². The molecule has 1 heterocycles. The van der Waals surface area contributed by atoms with Crippen LogP contribution in [-0.2, 0) is 9.47 Å². The topological polar surface area (TPSA) is 42.2 Å². The second-order valence-electron chi connectivity index (χ2n) is 3.70. The second-order valence-corrected chi connectivity index (χ2v) is 3.70. The van der Waals surface area contributed by atoms with Crippen molar-refractivity contribution in [2.24, 2.45) is 0 Å². The zero-order valence-electron chi connectivity index (χ0n) is 8.71. The SMILES string of the molecule is N#CCOCCCCCC1CCCO1. The molecule has 0 bridgehead atoms. The van der Waals surface area contributed by atoms with E-state index in [1.54, 1.807) is 0 Å². The maximum Gasteiger partial charge on any atom is 0.133 e. The molecule has 0 aromatic carbocycles. The number of hydrogen-bond donors (Lipinski definition) is 0. The summed E-state index contributed by atoms with van der Waals surface area (Å²) < 4.78 is 10.6. The molecule has 0 amide bonds. The molecule has 14 heavy (non-hydrogen) atoms. The van der Waals surface area contributed by atoms with Crippen LogP contribution in [-0.4, -0.2) is 25.9 Å². The van der Waals surface area contributed by atoms with E-state index in [1.807, 2.05) is 6.07 Å². The monoisotopic (exact) mass is 197 g/mol. The quantitative estimate of drug-likeness (QED) is 0.588. The molecule has 0 N–H and O–H groups in total. The number of unbranched alkanes of at least 4 members (excludes halogenated alkanes) is 2. The average molecular weight is 197 g/mol.